The molecule has 0 saturated carbocycles. The fraction of sp³-hybridized carbons (Fsp3) is 0.250. The van der Waals surface area contributed by atoms with Crippen LogP contribution in [0.5, 0.6) is 11.5 Å². The van der Waals surface area contributed by atoms with Crippen LogP contribution in [-0.2, 0) is 0 Å². The molecule has 0 radical (unpaired) electrons. The third kappa shape index (κ3) is 2.14. The molecule has 1 aromatic carbocycles. The minimum Gasteiger partial charge on any atom is -0.492 e. The molecule has 0 N–H and O–H groups in total. The Bertz CT molecular complexity index is 328. The number of hydrogen-bond acceptors (Lipinski definition) is 2. The molecule has 0 heterocycles. The molecule has 0 aliphatic rings. The van der Waals surface area contributed by atoms with Crippen LogP contribution in [0.15, 0.2) is 6.07 Å². The van der Waals surface area contributed by atoms with Crippen LogP contribution < -0.4 is 9.47 Å². The largest absolute Gasteiger partial charge is 0.492 e. The van der Waals surface area contributed by atoms with Gasteiger partial charge in [0.05, 0.1) is 27.8 Å². The summed E-state index contributed by atoms with van der Waals surface area (Å²) in [5, 5.41) is 1.01. The molecule has 0 fully saturated rings. The first-order valence-corrected chi connectivity index (χ1v) is 5.20. The zero-order chi connectivity index (χ0) is 10.0. The second-order valence-corrected chi connectivity index (χ2v) is 4.11. The van der Waals surface area contributed by atoms with E-state index in [9.17, 15) is 0 Å². The Kier molecular flexibility index (Phi) is 3.94. The highest BCUT2D eigenvalue weighted by molar-refractivity contribution is 14.1. The molecule has 0 amide bonds. The van der Waals surface area contributed by atoms with E-state index in [2.05, 4.69) is 22.6 Å². The zero-order valence-corrected chi connectivity index (χ0v) is 10.7. The Morgan fingerprint density at radius 3 is 2.08 bits per heavy atom. The lowest BCUT2D eigenvalue weighted by atomic mass is 10.3. The van der Waals surface area contributed by atoms with E-state index in [4.69, 9.17) is 32.7 Å². The molecule has 0 unspecified atom stereocenters. The van der Waals surface area contributed by atoms with Gasteiger partial charge >= 0.3 is 0 Å². The van der Waals surface area contributed by atoms with Gasteiger partial charge in [-0.25, -0.2) is 0 Å². The van der Waals surface area contributed by atoms with Crippen molar-refractivity contribution >= 4 is 45.8 Å². The van der Waals surface area contributed by atoms with Gasteiger partial charge in [0.2, 0.25) is 0 Å². The number of halogens is 3. The van der Waals surface area contributed by atoms with Crippen molar-refractivity contribution in [3.8, 4) is 11.5 Å². The van der Waals surface area contributed by atoms with Crippen molar-refractivity contribution in [3.63, 3.8) is 0 Å². The summed E-state index contributed by atoms with van der Waals surface area (Å²) in [6, 6.07) is 1.63. The third-order valence-electron chi connectivity index (χ3n) is 1.49. The van der Waals surface area contributed by atoms with Crippen LogP contribution in [0.2, 0.25) is 10.0 Å². The average Bonchev–Trinajstić information content (AvgIpc) is 2.10. The molecule has 1 rings (SSSR count). The topological polar surface area (TPSA) is 18.5 Å². The van der Waals surface area contributed by atoms with Gasteiger partial charge in [0.1, 0.15) is 0 Å². The smallest absolute Gasteiger partial charge is 0.180 e. The van der Waals surface area contributed by atoms with Crippen molar-refractivity contribution in [2.45, 2.75) is 0 Å². The minimum atomic E-state index is 0.449. The monoisotopic (exact) mass is 332 g/mol. The van der Waals surface area contributed by atoms with Crippen molar-refractivity contribution < 1.29 is 9.47 Å². The van der Waals surface area contributed by atoms with Gasteiger partial charge in [-0.2, -0.15) is 0 Å². The van der Waals surface area contributed by atoms with Crippen LogP contribution in [0.25, 0.3) is 0 Å². The maximum absolute atomic E-state index is 5.90. The van der Waals surface area contributed by atoms with Gasteiger partial charge in [-0.1, -0.05) is 23.2 Å². The summed E-state index contributed by atoms with van der Waals surface area (Å²) in [6.45, 7) is 0. The highest BCUT2D eigenvalue weighted by Crippen LogP contribution is 2.42. The van der Waals surface area contributed by atoms with Crippen LogP contribution in [0.1, 0.15) is 0 Å². The van der Waals surface area contributed by atoms with E-state index in [-0.39, 0.29) is 0 Å². The summed E-state index contributed by atoms with van der Waals surface area (Å²) >= 11 is 13.9. The Morgan fingerprint density at radius 1 is 1.08 bits per heavy atom. The number of benzene rings is 1. The van der Waals surface area contributed by atoms with Gasteiger partial charge in [0.15, 0.2) is 11.5 Å². The molecule has 1 aromatic rings. The highest BCUT2D eigenvalue weighted by atomic mass is 127. The minimum absolute atomic E-state index is 0.449. The Morgan fingerprint density at radius 2 is 1.62 bits per heavy atom. The molecule has 13 heavy (non-hydrogen) atoms. The van der Waals surface area contributed by atoms with Gasteiger partial charge in [-0.3, -0.25) is 0 Å². The predicted octanol–water partition coefficient (Wildman–Crippen LogP) is 3.62. The molecule has 2 nitrogen and oxygen atoms in total. The van der Waals surface area contributed by atoms with Gasteiger partial charge < -0.3 is 9.47 Å². The molecule has 0 aliphatic heterocycles. The van der Waals surface area contributed by atoms with Gasteiger partial charge in [0.25, 0.3) is 0 Å². The quantitative estimate of drug-likeness (QED) is 0.608. The Hall–Kier alpha value is 0.130. The second kappa shape index (κ2) is 4.57. The van der Waals surface area contributed by atoms with Crippen molar-refractivity contribution in [1.82, 2.24) is 0 Å². The van der Waals surface area contributed by atoms with Gasteiger partial charge in [-0.05, 0) is 28.7 Å². The summed E-state index contributed by atoms with van der Waals surface area (Å²) in [5.41, 5.74) is 0. The Labute approximate surface area is 100 Å². The fourth-order valence-electron chi connectivity index (χ4n) is 0.929. The summed E-state index contributed by atoms with van der Waals surface area (Å²) in [5.74, 6) is 1.08. The van der Waals surface area contributed by atoms with Crippen LogP contribution in [0.3, 0.4) is 0 Å². The first-order valence-electron chi connectivity index (χ1n) is 3.37. The SMILES string of the molecule is COc1c(Cl)cc(Cl)c(I)c1OC. The van der Waals surface area contributed by atoms with Gasteiger partial charge in [0, 0.05) is 0 Å². The number of methoxy groups -OCH3 is 2. The lowest BCUT2D eigenvalue weighted by Gasteiger charge is -2.11. The van der Waals surface area contributed by atoms with Crippen molar-refractivity contribution in [2.24, 2.45) is 0 Å². The zero-order valence-electron chi connectivity index (χ0n) is 7.03. The van der Waals surface area contributed by atoms with Gasteiger partial charge in [-0.15, -0.1) is 0 Å². The first kappa shape index (κ1) is 11.2. The Balaban J connectivity index is 3.41. The summed E-state index contributed by atoms with van der Waals surface area (Å²) < 4.78 is 11.0. The molecule has 72 valence electrons. The van der Waals surface area contributed by atoms with E-state index >= 15 is 0 Å². The summed E-state index contributed by atoms with van der Waals surface area (Å²) in [4.78, 5) is 0. The third-order valence-corrected chi connectivity index (χ3v) is 3.46. The van der Waals surface area contributed by atoms with E-state index in [0.717, 1.165) is 3.57 Å². The van der Waals surface area contributed by atoms with E-state index in [0.29, 0.717) is 21.5 Å². The van der Waals surface area contributed by atoms with Crippen molar-refractivity contribution in [3.05, 3.63) is 19.7 Å². The molecular formula is C8H7Cl2IO2. The number of hydrogen-bond donors (Lipinski definition) is 0. The molecule has 0 spiro atoms. The van der Waals surface area contributed by atoms with E-state index in [1.165, 1.54) is 7.11 Å². The maximum atomic E-state index is 5.90. The normalized spacial score (nSPS) is 9.92. The predicted molar refractivity (Wildman–Crippen MR) is 62.3 cm³/mol. The molecule has 0 aromatic heterocycles. The number of rotatable bonds is 2. The van der Waals surface area contributed by atoms with E-state index in [1.807, 2.05) is 0 Å². The van der Waals surface area contributed by atoms with E-state index in [1.54, 1.807) is 13.2 Å². The summed E-state index contributed by atoms with van der Waals surface area (Å²) in [6.07, 6.45) is 0. The molecule has 0 bridgehead atoms. The van der Waals surface area contributed by atoms with Crippen molar-refractivity contribution in [2.75, 3.05) is 14.2 Å². The second-order valence-electron chi connectivity index (χ2n) is 2.22. The average molecular weight is 333 g/mol. The van der Waals surface area contributed by atoms with Crippen LogP contribution in [0, 0.1) is 3.57 Å². The fourth-order valence-corrected chi connectivity index (χ4v) is 2.07. The van der Waals surface area contributed by atoms with Crippen LogP contribution in [0.4, 0.5) is 0 Å². The maximum Gasteiger partial charge on any atom is 0.180 e. The first-order chi connectivity index (χ1) is 6.11. The molecular weight excluding hydrogens is 326 g/mol. The van der Waals surface area contributed by atoms with Crippen LogP contribution >= 0.6 is 45.8 Å². The molecule has 0 aliphatic carbocycles. The molecule has 0 atom stereocenters. The standard InChI is InChI=1S/C8H7Cl2IO2/c1-12-7-5(10)3-4(9)6(11)8(7)13-2/h3H,1-2H3. The molecule has 0 saturated heterocycles. The van der Waals surface area contributed by atoms with Crippen LogP contribution in [-0.4, -0.2) is 14.2 Å². The lowest BCUT2D eigenvalue weighted by molar-refractivity contribution is 0.353. The van der Waals surface area contributed by atoms with Crippen molar-refractivity contribution in [1.29, 1.82) is 0 Å². The summed E-state index contributed by atoms with van der Waals surface area (Å²) in [7, 11) is 3.08. The van der Waals surface area contributed by atoms with E-state index < -0.39 is 0 Å². The molecule has 5 heteroatoms. The number of ether oxygens (including phenoxy) is 2. The lowest BCUT2D eigenvalue weighted by Crippen LogP contribution is -1.94. The highest BCUT2D eigenvalue weighted by Gasteiger charge is 2.15.